The maximum Gasteiger partial charge on any atom is 0.251 e. The summed E-state index contributed by atoms with van der Waals surface area (Å²) in [4.78, 5) is 12.4. The summed E-state index contributed by atoms with van der Waals surface area (Å²) in [6.45, 7) is 8.47. The van der Waals surface area contributed by atoms with Crippen molar-refractivity contribution in [1.82, 2.24) is 20.4 Å². The number of nitrogens with one attached hydrogen (secondary N) is 2. The second-order valence-electron chi connectivity index (χ2n) is 7.25. The normalized spacial score (nSPS) is 16.0. The van der Waals surface area contributed by atoms with Crippen LogP contribution in [-0.4, -0.2) is 35.3 Å². The number of nitrogens with zero attached hydrogens (tertiary/aromatic N) is 2. The number of hydrogen-bond acceptors (Lipinski definition) is 3. The summed E-state index contributed by atoms with van der Waals surface area (Å²) in [7, 11) is 0. The molecule has 1 fully saturated rings. The van der Waals surface area contributed by atoms with E-state index in [0.29, 0.717) is 17.8 Å². The van der Waals surface area contributed by atoms with Crippen molar-refractivity contribution in [3.8, 4) is 5.69 Å². The third-order valence-corrected chi connectivity index (χ3v) is 4.93. The van der Waals surface area contributed by atoms with Gasteiger partial charge < -0.3 is 10.6 Å². The summed E-state index contributed by atoms with van der Waals surface area (Å²) in [5.41, 5.74) is 2.47. The zero-order chi connectivity index (χ0) is 18.0. The average Bonchev–Trinajstić information content (AvgIpc) is 2.91. The van der Waals surface area contributed by atoms with Crippen molar-refractivity contribution in [2.75, 3.05) is 19.6 Å². The Morgan fingerprint density at radius 1 is 1.31 bits per heavy atom. The van der Waals surface area contributed by atoms with Gasteiger partial charge >= 0.3 is 0 Å². The highest BCUT2D eigenvalue weighted by Gasteiger charge is 2.27. The minimum atomic E-state index is -0.452. The van der Waals surface area contributed by atoms with Gasteiger partial charge in [-0.1, -0.05) is 6.92 Å². The van der Waals surface area contributed by atoms with E-state index in [1.165, 1.54) is 6.07 Å². The van der Waals surface area contributed by atoms with E-state index < -0.39 is 5.82 Å². The first kappa shape index (κ1) is 20.4. The summed E-state index contributed by atoms with van der Waals surface area (Å²) in [5, 5.41) is 10.6. The number of hydrogen-bond donors (Lipinski definition) is 2. The Kier molecular flexibility index (Phi) is 6.42. The third-order valence-electron chi connectivity index (χ3n) is 4.93. The van der Waals surface area contributed by atoms with Gasteiger partial charge in [0.1, 0.15) is 11.5 Å². The Morgan fingerprint density at radius 2 is 2.00 bits per heavy atom. The predicted octanol–water partition coefficient (Wildman–Crippen LogP) is 3.17. The molecule has 1 aromatic heterocycles. The molecule has 7 heteroatoms. The van der Waals surface area contributed by atoms with Gasteiger partial charge in [-0.25, -0.2) is 9.07 Å². The fourth-order valence-electron chi connectivity index (χ4n) is 3.30. The van der Waals surface area contributed by atoms with Gasteiger partial charge in [0, 0.05) is 17.8 Å². The lowest BCUT2D eigenvalue weighted by Crippen LogP contribution is -2.42. The molecule has 0 unspecified atom stereocenters. The molecule has 0 spiro atoms. The molecule has 2 aromatic rings. The van der Waals surface area contributed by atoms with E-state index in [4.69, 9.17) is 0 Å². The van der Waals surface area contributed by atoms with Gasteiger partial charge in [0.25, 0.3) is 5.91 Å². The van der Waals surface area contributed by atoms with Crippen molar-refractivity contribution in [3.05, 3.63) is 47.0 Å². The quantitative estimate of drug-likeness (QED) is 0.856. The Labute approximate surface area is 159 Å². The first-order chi connectivity index (χ1) is 11.9. The highest BCUT2D eigenvalue weighted by atomic mass is 35.5. The third kappa shape index (κ3) is 4.43. The van der Waals surface area contributed by atoms with Crippen LogP contribution < -0.4 is 10.6 Å². The summed E-state index contributed by atoms with van der Waals surface area (Å²) in [6.07, 6.45) is 2.05. The highest BCUT2D eigenvalue weighted by molar-refractivity contribution is 5.94. The van der Waals surface area contributed by atoms with Crippen molar-refractivity contribution in [2.45, 2.75) is 33.6 Å². The molecule has 1 saturated heterocycles. The molecule has 3 rings (SSSR count). The molecule has 0 atom stereocenters. The van der Waals surface area contributed by atoms with Crippen LogP contribution in [0.3, 0.4) is 0 Å². The van der Waals surface area contributed by atoms with Crippen molar-refractivity contribution in [1.29, 1.82) is 0 Å². The summed E-state index contributed by atoms with van der Waals surface area (Å²) >= 11 is 0. The minimum Gasteiger partial charge on any atom is -0.351 e. The van der Waals surface area contributed by atoms with Crippen LogP contribution in [0.15, 0.2) is 24.3 Å². The lowest BCUT2D eigenvalue weighted by molar-refractivity contribution is 0.0922. The molecule has 2 heterocycles. The van der Waals surface area contributed by atoms with Crippen LogP contribution in [0, 0.1) is 25.1 Å². The highest BCUT2D eigenvalue weighted by Crippen LogP contribution is 2.27. The number of aromatic nitrogens is 2. The van der Waals surface area contributed by atoms with Gasteiger partial charge in [-0.05, 0) is 69.5 Å². The molecule has 1 aliphatic rings. The van der Waals surface area contributed by atoms with Gasteiger partial charge in [-0.15, -0.1) is 12.4 Å². The van der Waals surface area contributed by atoms with Crippen LogP contribution in [0.1, 0.15) is 41.5 Å². The van der Waals surface area contributed by atoms with Gasteiger partial charge in [0.05, 0.1) is 5.69 Å². The largest absolute Gasteiger partial charge is 0.351 e. The molecule has 0 bridgehead atoms. The Bertz CT molecular complexity index is 784. The number of benzene rings is 1. The van der Waals surface area contributed by atoms with E-state index >= 15 is 0 Å². The van der Waals surface area contributed by atoms with Crippen molar-refractivity contribution < 1.29 is 9.18 Å². The molecule has 1 aliphatic heterocycles. The van der Waals surface area contributed by atoms with Crippen LogP contribution in [0.5, 0.6) is 0 Å². The maximum atomic E-state index is 14.5. The van der Waals surface area contributed by atoms with Crippen LogP contribution in [0.25, 0.3) is 5.69 Å². The fourth-order valence-corrected chi connectivity index (χ4v) is 3.30. The van der Waals surface area contributed by atoms with Gasteiger partial charge in [0.15, 0.2) is 0 Å². The number of amides is 1. The lowest BCUT2D eigenvalue weighted by atomic mass is 9.81. The molecule has 2 N–H and O–H groups in total. The number of aryl methyl sites for hydroxylation is 2. The van der Waals surface area contributed by atoms with E-state index in [0.717, 1.165) is 37.3 Å². The second-order valence-corrected chi connectivity index (χ2v) is 7.25. The van der Waals surface area contributed by atoms with Crippen LogP contribution in [0.4, 0.5) is 4.39 Å². The van der Waals surface area contributed by atoms with Gasteiger partial charge in [0.2, 0.25) is 0 Å². The molecule has 26 heavy (non-hydrogen) atoms. The van der Waals surface area contributed by atoms with E-state index in [2.05, 4.69) is 22.7 Å². The molecular weight excluding hydrogens is 355 g/mol. The Morgan fingerprint density at radius 3 is 2.58 bits per heavy atom. The molecule has 0 saturated carbocycles. The monoisotopic (exact) mass is 380 g/mol. The van der Waals surface area contributed by atoms with E-state index in [-0.39, 0.29) is 23.7 Å². The lowest BCUT2D eigenvalue weighted by Gasteiger charge is -2.34. The number of halogens is 2. The average molecular weight is 381 g/mol. The first-order valence-corrected chi connectivity index (χ1v) is 8.70. The molecule has 0 radical (unpaired) electrons. The van der Waals surface area contributed by atoms with Crippen LogP contribution in [-0.2, 0) is 0 Å². The standard InChI is InChI=1S/C19H25FN4O.ClH/c1-13-10-14(2)24(23-13)17-5-4-15(11-16(17)20)18(25)22-12-19(3)6-8-21-9-7-19;/h4-5,10-11,21H,6-9,12H2,1-3H3,(H,22,25);1H. The summed E-state index contributed by atoms with van der Waals surface area (Å²) in [6, 6.07) is 6.43. The minimum absolute atomic E-state index is 0. The van der Waals surface area contributed by atoms with Crippen molar-refractivity contribution in [3.63, 3.8) is 0 Å². The zero-order valence-corrected chi connectivity index (χ0v) is 16.3. The van der Waals surface area contributed by atoms with Gasteiger partial charge in [-0.2, -0.15) is 5.10 Å². The van der Waals surface area contributed by atoms with Crippen LogP contribution >= 0.6 is 12.4 Å². The Hall–Kier alpha value is -1.92. The van der Waals surface area contributed by atoms with E-state index in [1.54, 1.807) is 16.8 Å². The summed E-state index contributed by atoms with van der Waals surface area (Å²) < 4.78 is 16.1. The first-order valence-electron chi connectivity index (χ1n) is 8.70. The number of piperidine rings is 1. The van der Waals surface area contributed by atoms with E-state index in [9.17, 15) is 9.18 Å². The summed E-state index contributed by atoms with van der Waals surface area (Å²) in [5.74, 6) is -0.689. The molecule has 1 aromatic carbocycles. The zero-order valence-electron chi connectivity index (χ0n) is 15.4. The van der Waals surface area contributed by atoms with Crippen molar-refractivity contribution >= 4 is 18.3 Å². The smallest absolute Gasteiger partial charge is 0.251 e. The molecular formula is C19H26ClFN4O. The fraction of sp³-hybridized carbons (Fsp3) is 0.474. The van der Waals surface area contributed by atoms with Gasteiger partial charge in [-0.3, -0.25) is 4.79 Å². The number of rotatable bonds is 4. The second kappa shape index (κ2) is 8.18. The number of carbonyl (C=O) groups is 1. The molecule has 1 amide bonds. The topological polar surface area (TPSA) is 59.0 Å². The maximum absolute atomic E-state index is 14.5. The number of carbonyl (C=O) groups excluding carboxylic acids is 1. The Balaban J connectivity index is 0.00000243. The van der Waals surface area contributed by atoms with Crippen molar-refractivity contribution in [2.24, 2.45) is 5.41 Å². The molecule has 5 nitrogen and oxygen atoms in total. The van der Waals surface area contributed by atoms with Crippen LogP contribution in [0.2, 0.25) is 0 Å². The molecule has 0 aliphatic carbocycles. The molecule has 142 valence electrons. The SMILES string of the molecule is Cc1cc(C)n(-c2ccc(C(=O)NCC3(C)CCNCC3)cc2F)n1.Cl. The van der Waals surface area contributed by atoms with E-state index in [1.807, 2.05) is 19.9 Å². The predicted molar refractivity (Wildman–Crippen MR) is 103 cm³/mol.